The highest BCUT2D eigenvalue weighted by molar-refractivity contribution is 6.31. The van der Waals surface area contributed by atoms with E-state index in [0.717, 1.165) is 18.4 Å². The van der Waals surface area contributed by atoms with Crippen LogP contribution in [0.15, 0.2) is 24.3 Å². The van der Waals surface area contributed by atoms with Gasteiger partial charge in [-0.2, -0.15) is 0 Å². The zero-order chi connectivity index (χ0) is 17.5. The van der Waals surface area contributed by atoms with Crippen LogP contribution in [0.5, 0.6) is 0 Å². The first-order valence-electron chi connectivity index (χ1n) is 8.38. The second-order valence-corrected chi connectivity index (χ2v) is 6.52. The van der Waals surface area contributed by atoms with Crippen LogP contribution in [0.2, 0.25) is 5.02 Å². The Labute approximate surface area is 148 Å². The van der Waals surface area contributed by atoms with E-state index in [1.165, 1.54) is 0 Å². The molecule has 6 heteroatoms. The third-order valence-electron chi connectivity index (χ3n) is 4.40. The van der Waals surface area contributed by atoms with Gasteiger partial charge in [-0.1, -0.05) is 29.8 Å². The summed E-state index contributed by atoms with van der Waals surface area (Å²) in [6, 6.07) is 7.81. The molecule has 132 valence electrons. The van der Waals surface area contributed by atoms with Crippen LogP contribution in [-0.4, -0.2) is 54.5 Å². The number of likely N-dealkylation sites (N-methyl/N-ethyl adjacent to an activating group) is 1. The van der Waals surface area contributed by atoms with Crippen LogP contribution in [0.1, 0.15) is 31.7 Å². The van der Waals surface area contributed by atoms with Crippen molar-refractivity contribution in [2.75, 3.05) is 26.7 Å². The van der Waals surface area contributed by atoms with Crippen LogP contribution < -0.4 is 0 Å². The quantitative estimate of drug-likeness (QED) is 0.739. The van der Waals surface area contributed by atoms with E-state index in [-0.39, 0.29) is 24.5 Å². The zero-order valence-electron chi connectivity index (χ0n) is 14.3. The first-order valence-corrected chi connectivity index (χ1v) is 8.76. The summed E-state index contributed by atoms with van der Waals surface area (Å²) in [5, 5.41) is 0.686. The van der Waals surface area contributed by atoms with E-state index in [0.29, 0.717) is 31.1 Å². The fourth-order valence-corrected chi connectivity index (χ4v) is 3.20. The maximum absolute atomic E-state index is 12.4. The molecule has 1 atom stereocenters. The van der Waals surface area contributed by atoms with Gasteiger partial charge >= 0.3 is 5.97 Å². The highest BCUT2D eigenvalue weighted by Gasteiger charge is 2.26. The Morgan fingerprint density at radius 1 is 1.38 bits per heavy atom. The predicted octanol–water partition coefficient (Wildman–Crippen LogP) is 2.72. The SMILES string of the molecule is CCOC(=O)CN(C)C1CCC(=O)N(Cc2ccccc2Cl)CC1. The third kappa shape index (κ3) is 5.21. The van der Waals surface area contributed by atoms with Gasteiger partial charge in [0.25, 0.3) is 0 Å². The maximum atomic E-state index is 12.4. The molecule has 1 saturated heterocycles. The molecule has 0 saturated carbocycles. The van der Waals surface area contributed by atoms with Gasteiger partial charge in [-0.25, -0.2) is 0 Å². The van der Waals surface area contributed by atoms with Crippen molar-refractivity contribution < 1.29 is 14.3 Å². The van der Waals surface area contributed by atoms with Crippen molar-refractivity contribution in [3.8, 4) is 0 Å². The monoisotopic (exact) mass is 352 g/mol. The van der Waals surface area contributed by atoms with Crippen molar-refractivity contribution in [1.29, 1.82) is 0 Å². The molecule has 5 nitrogen and oxygen atoms in total. The molecule has 1 aromatic carbocycles. The average molecular weight is 353 g/mol. The fourth-order valence-electron chi connectivity index (χ4n) is 3.00. The molecule has 1 aliphatic heterocycles. The second kappa shape index (κ2) is 9.04. The van der Waals surface area contributed by atoms with Crippen molar-refractivity contribution in [3.63, 3.8) is 0 Å². The maximum Gasteiger partial charge on any atom is 0.320 e. The Hall–Kier alpha value is -1.59. The number of nitrogens with zero attached hydrogens (tertiary/aromatic N) is 2. The molecule has 0 aliphatic carbocycles. The molecule has 1 aromatic rings. The smallest absolute Gasteiger partial charge is 0.320 e. The first-order chi connectivity index (χ1) is 11.5. The molecular weight excluding hydrogens is 328 g/mol. The molecule has 1 fully saturated rings. The van der Waals surface area contributed by atoms with Gasteiger partial charge < -0.3 is 9.64 Å². The topological polar surface area (TPSA) is 49.9 Å². The van der Waals surface area contributed by atoms with Crippen molar-refractivity contribution in [2.24, 2.45) is 0 Å². The summed E-state index contributed by atoms with van der Waals surface area (Å²) in [4.78, 5) is 27.9. The minimum Gasteiger partial charge on any atom is -0.465 e. The minimum atomic E-state index is -0.219. The van der Waals surface area contributed by atoms with E-state index < -0.39 is 0 Å². The number of amides is 1. The molecule has 1 heterocycles. The Kier molecular flexibility index (Phi) is 7.06. The average Bonchev–Trinajstić information content (AvgIpc) is 2.72. The van der Waals surface area contributed by atoms with Crippen molar-refractivity contribution in [2.45, 2.75) is 38.8 Å². The lowest BCUT2D eigenvalue weighted by Crippen LogP contribution is -2.37. The van der Waals surface area contributed by atoms with Crippen LogP contribution in [0, 0.1) is 0 Å². The Morgan fingerprint density at radius 2 is 2.12 bits per heavy atom. The van der Waals surface area contributed by atoms with Crippen LogP contribution >= 0.6 is 11.6 Å². The van der Waals surface area contributed by atoms with E-state index in [2.05, 4.69) is 0 Å². The van der Waals surface area contributed by atoms with Gasteiger partial charge in [-0.3, -0.25) is 14.5 Å². The van der Waals surface area contributed by atoms with E-state index in [1.54, 1.807) is 6.92 Å². The highest BCUT2D eigenvalue weighted by Crippen LogP contribution is 2.21. The Bertz CT molecular complexity index is 579. The van der Waals surface area contributed by atoms with Gasteiger partial charge in [-0.05, 0) is 38.4 Å². The van der Waals surface area contributed by atoms with Gasteiger partial charge in [-0.15, -0.1) is 0 Å². The number of likely N-dealkylation sites (tertiary alicyclic amines) is 1. The van der Waals surface area contributed by atoms with Crippen LogP contribution in [0.25, 0.3) is 0 Å². The highest BCUT2D eigenvalue weighted by atomic mass is 35.5. The van der Waals surface area contributed by atoms with Crippen LogP contribution in [0.4, 0.5) is 0 Å². The zero-order valence-corrected chi connectivity index (χ0v) is 15.1. The molecule has 1 unspecified atom stereocenters. The number of carbonyl (C=O) groups excluding carboxylic acids is 2. The van der Waals surface area contributed by atoms with Crippen molar-refractivity contribution in [1.82, 2.24) is 9.80 Å². The van der Waals surface area contributed by atoms with Gasteiger partial charge in [0.05, 0.1) is 13.2 Å². The summed E-state index contributed by atoms with van der Waals surface area (Å²) in [6.07, 6.45) is 2.09. The number of esters is 1. The van der Waals surface area contributed by atoms with E-state index in [9.17, 15) is 9.59 Å². The number of hydrogen-bond acceptors (Lipinski definition) is 4. The molecule has 0 aromatic heterocycles. The van der Waals surface area contributed by atoms with E-state index in [1.807, 2.05) is 41.1 Å². The summed E-state index contributed by atoms with van der Waals surface area (Å²) in [5.41, 5.74) is 0.964. The number of halogens is 1. The van der Waals surface area contributed by atoms with E-state index in [4.69, 9.17) is 16.3 Å². The number of hydrogen-bond donors (Lipinski definition) is 0. The summed E-state index contributed by atoms with van der Waals surface area (Å²) in [5.74, 6) is -0.0783. The normalized spacial score (nSPS) is 18.6. The lowest BCUT2D eigenvalue weighted by atomic mass is 10.1. The molecule has 2 rings (SSSR count). The lowest BCUT2D eigenvalue weighted by molar-refractivity contribution is -0.144. The van der Waals surface area contributed by atoms with Gasteiger partial charge in [0.2, 0.25) is 5.91 Å². The summed E-state index contributed by atoms with van der Waals surface area (Å²) in [6.45, 7) is 3.65. The summed E-state index contributed by atoms with van der Waals surface area (Å²) >= 11 is 6.20. The Morgan fingerprint density at radius 3 is 2.83 bits per heavy atom. The largest absolute Gasteiger partial charge is 0.465 e. The van der Waals surface area contributed by atoms with Crippen molar-refractivity contribution >= 4 is 23.5 Å². The molecule has 1 aliphatic rings. The number of carbonyl (C=O) groups is 2. The molecule has 1 amide bonds. The van der Waals surface area contributed by atoms with Crippen molar-refractivity contribution in [3.05, 3.63) is 34.9 Å². The Balaban J connectivity index is 1.94. The molecule has 0 bridgehead atoms. The summed E-state index contributed by atoms with van der Waals surface area (Å²) in [7, 11) is 1.91. The van der Waals surface area contributed by atoms with Gasteiger partial charge in [0, 0.05) is 30.6 Å². The standard InChI is InChI=1S/C18H25ClN2O3/c1-3-24-18(23)13-20(2)15-8-9-17(22)21(11-10-15)12-14-6-4-5-7-16(14)19/h4-7,15H,3,8-13H2,1-2H3. The van der Waals surface area contributed by atoms with Crippen LogP contribution in [0.3, 0.4) is 0 Å². The van der Waals surface area contributed by atoms with Gasteiger partial charge in [0.1, 0.15) is 0 Å². The summed E-state index contributed by atoms with van der Waals surface area (Å²) < 4.78 is 5.00. The first kappa shape index (κ1) is 18.7. The number of rotatable bonds is 6. The molecule has 24 heavy (non-hydrogen) atoms. The third-order valence-corrected chi connectivity index (χ3v) is 4.77. The number of ether oxygens (including phenoxy) is 1. The molecule has 0 spiro atoms. The predicted molar refractivity (Wildman–Crippen MR) is 93.8 cm³/mol. The molecule has 0 radical (unpaired) electrons. The lowest BCUT2D eigenvalue weighted by Gasteiger charge is -2.26. The molecule has 0 N–H and O–H groups in total. The molecular formula is C18H25ClN2O3. The second-order valence-electron chi connectivity index (χ2n) is 6.11. The minimum absolute atomic E-state index is 0.141. The van der Waals surface area contributed by atoms with E-state index >= 15 is 0 Å². The number of benzene rings is 1. The fraction of sp³-hybridized carbons (Fsp3) is 0.556. The van der Waals surface area contributed by atoms with Gasteiger partial charge in [0.15, 0.2) is 0 Å². The van der Waals surface area contributed by atoms with Crippen LogP contribution in [-0.2, 0) is 20.9 Å².